The molecule has 5 heteroatoms. The maximum absolute atomic E-state index is 13.6. The molecule has 1 amide bonds. The van der Waals surface area contributed by atoms with Gasteiger partial charge in [0.05, 0.1) is 0 Å². The minimum atomic E-state index is -0.243. The summed E-state index contributed by atoms with van der Waals surface area (Å²) in [6.45, 7) is 2.00. The zero-order valence-electron chi connectivity index (χ0n) is 13.6. The van der Waals surface area contributed by atoms with Crippen LogP contribution in [0.4, 0.5) is 4.39 Å². The number of fused-ring (bicyclic) bond motifs is 3. The van der Waals surface area contributed by atoms with Gasteiger partial charge in [0.1, 0.15) is 5.82 Å². The molecule has 0 aliphatic carbocycles. The molecule has 2 aromatic rings. The molecular formula is C18H22FN3O. The first-order valence-corrected chi connectivity index (χ1v) is 7.94. The van der Waals surface area contributed by atoms with Gasteiger partial charge >= 0.3 is 0 Å². The predicted molar refractivity (Wildman–Crippen MR) is 89.7 cm³/mol. The summed E-state index contributed by atoms with van der Waals surface area (Å²) >= 11 is 0. The number of benzene rings is 1. The fraction of sp³-hybridized carbons (Fsp3) is 0.389. The fourth-order valence-electron chi connectivity index (χ4n) is 3.04. The van der Waals surface area contributed by atoms with Crippen molar-refractivity contribution in [3.63, 3.8) is 0 Å². The van der Waals surface area contributed by atoms with Gasteiger partial charge in [0, 0.05) is 47.9 Å². The normalized spacial score (nSPS) is 15.4. The van der Waals surface area contributed by atoms with E-state index in [1.165, 1.54) is 6.07 Å². The topological polar surface area (TPSA) is 39.3 Å². The van der Waals surface area contributed by atoms with Crippen LogP contribution in [0.25, 0.3) is 10.9 Å². The minimum absolute atomic E-state index is 0.0189. The molecule has 1 aromatic carbocycles. The first-order chi connectivity index (χ1) is 11.0. The van der Waals surface area contributed by atoms with Crippen molar-refractivity contribution in [2.45, 2.75) is 19.4 Å². The maximum atomic E-state index is 13.6. The van der Waals surface area contributed by atoms with Crippen LogP contribution in [0, 0.1) is 5.82 Å². The number of carbonyl (C=O) groups excluding carboxylic acids is 1. The Morgan fingerprint density at radius 3 is 3.04 bits per heavy atom. The van der Waals surface area contributed by atoms with Crippen LogP contribution in [0.5, 0.6) is 0 Å². The van der Waals surface area contributed by atoms with E-state index in [1.807, 2.05) is 30.0 Å². The summed E-state index contributed by atoms with van der Waals surface area (Å²) in [7, 11) is 3.93. The third kappa shape index (κ3) is 3.45. The molecule has 122 valence electrons. The third-order valence-corrected chi connectivity index (χ3v) is 4.20. The molecule has 0 bridgehead atoms. The van der Waals surface area contributed by atoms with E-state index < -0.39 is 0 Å². The van der Waals surface area contributed by atoms with E-state index in [2.05, 4.69) is 4.98 Å². The minimum Gasteiger partial charge on any atom is -0.358 e. The van der Waals surface area contributed by atoms with Gasteiger partial charge in [-0.05, 0) is 45.1 Å². The van der Waals surface area contributed by atoms with E-state index in [9.17, 15) is 9.18 Å². The van der Waals surface area contributed by atoms with Crippen molar-refractivity contribution >= 4 is 16.8 Å². The molecule has 0 saturated carbocycles. The van der Waals surface area contributed by atoms with Gasteiger partial charge in [-0.25, -0.2) is 4.39 Å². The van der Waals surface area contributed by atoms with Gasteiger partial charge in [-0.3, -0.25) is 4.79 Å². The van der Waals surface area contributed by atoms with E-state index in [0.717, 1.165) is 48.1 Å². The highest BCUT2D eigenvalue weighted by Crippen LogP contribution is 2.28. The van der Waals surface area contributed by atoms with E-state index in [4.69, 9.17) is 0 Å². The summed E-state index contributed by atoms with van der Waals surface area (Å²) in [6.07, 6.45) is 5.32. The van der Waals surface area contributed by atoms with Crippen LogP contribution in [-0.4, -0.2) is 47.9 Å². The lowest BCUT2D eigenvalue weighted by molar-refractivity contribution is -0.126. The van der Waals surface area contributed by atoms with Gasteiger partial charge in [0.25, 0.3) is 0 Å². The number of H-pyrrole nitrogens is 1. The zero-order chi connectivity index (χ0) is 16.4. The summed E-state index contributed by atoms with van der Waals surface area (Å²) < 4.78 is 13.6. The number of rotatable bonds is 3. The molecule has 0 saturated heterocycles. The van der Waals surface area contributed by atoms with Crippen molar-refractivity contribution in [3.05, 3.63) is 47.4 Å². The van der Waals surface area contributed by atoms with E-state index in [-0.39, 0.29) is 11.7 Å². The van der Waals surface area contributed by atoms with Crippen LogP contribution in [0.1, 0.15) is 17.7 Å². The average molecular weight is 315 g/mol. The lowest BCUT2D eigenvalue weighted by Gasteiger charge is -2.19. The van der Waals surface area contributed by atoms with E-state index >= 15 is 0 Å². The molecule has 3 rings (SSSR count). The van der Waals surface area contributed by atoms with Crippen molar-refractivity contribution in [1.29, 1.82) is 0 Å². The molecule has 0 atom stereocenters. The van der Waals surface area contributed by atoms with Crippen LogP contribution >= 0.6 is 0 Å². The number of aromatic amines is 1. The van der Waals surface area contributed by atoms with Gasteiger partial charge in [-0.1, -0.05) is 6.08 Å². The third-order valence-electron chi connectivity index (χ3n) is 4.20. The van der Waals surface area contributed by atoms with E-state index in [0.29, 0.717) is 6.54 Å². The second kappa shape index (κ2) is 6.54. The first kappa shape index (κ1) is 15.7. The number of hydrogen-bond acceptors (Lipinski definition) is 2. The number of nitrogens with zero attached hydrogens (tertiary/aromatic N) is 2. The second-order valence-electron chi connectivity index (χ2n) is 6.30. The highest BCUT2D eigenvalue weighted by Gasteiger charge is 2.21. The Kier molecular flexibility index (Phi) is 4.48. The molecule has 1 aliphatic rings. The Morgan fingerprint density at radius 2 is 2.26 bits per heavy atom. The summed E-state index contributed by atoms with van der Waals surface area (Å²) in [4.78, 5) is 19.6. The number of hydrogen-bond donors (Lipinski definition) is 1. The van der Waals surface area contributed by atoms with Crippen molar-refractivity contribution in [2.24, 2.45) is 0 Å². The number of aryl methyl sites for hydroxylation is 1. The Bertz CT molecular complexity index is 748. The van der Waals surface area contributed by atoms with Crippen LogP contribution in [-0.2, 0) is 17.8 Å². The van der Waals surface area contributed by atoms with Gasteiger partial charge in [0.2, 0.25) is 5.91 Å². The van der Waals surface area contributed by atoms with Crippen molar-refractivity contribution in [2.75, 3.05) is 27.2 Å². The van der Waals surface area contributed by atoms with Crippen molar-refractivity contribution in [3.8, 4) is 0 Å². The van der Waals surface area contributed by atoms with Crippen molar-refractivity contribution in [1.82, 2.24) is 14.8 Å². The Hall–Kier alpha value is -2.14. The second-order valence-corrected chi connectivity index (χ2v) is 6.30. The molecule has 1 aliphatic heterocycles. The number of halogens is 1. The summed E-state index contributed by atoms with van der Waals surface area (Å²) in [5, 5.41) is 0.886. The highest BCUT2D eigenvalue weighted by molar-refractivity contribution is 5.89. The van der Waals surface area contributed by atoms with Crippen LogP contribution < -0.4 is 0 Å². The Morgan fingerprint density at radius 1 is 1.43 bits per heavy atom. The Labute approximate surface area is 135 Å². The molecule has 2 heterocycles. The Balaban J connectivity index is 1.85. The number of nitrogens with one attached hydrogen (secondary N) is 1. The summed E-state index contributed by atoms with van der Waals surface area (Å²) in [5.74, 6) is -0.224. The largest absolute Gasteiger partial charge is 0.358 e. The lowest BCUT2D eigenvalue weighted by atomic mass is 10.1. The molecule has 1 aromatic heterocycles. The predicted octanol–water partition coefficient (Wildman–Crippen LogP) is 2.70. The molecule has 0 spiro atoms. The number of likely N-dealkylation sites (N-methyl/N-ethyl adjacent to an activating group) is 1. The smallest absolute Gasteiger partial charge is 0.246 e. The fourth-order valence-corrected chi connectivity index (χ4v) is 3.04. The molecule has 0 fully saturated rings. The van der Waals surface area contributed by atoms with Gasteiger partial charge in [-0.2, -0.15) is 0 Å². The van der Waals surface area contributed by atoms with Crippen LogP contribution in [0.2, 0.25) is 0 Å². The highest BCUT2D eigenvalue weighted by atomic mass is 19.1. The number of carbonyl (C=O) groups is 1. The van der Waals surface area contributed by atoms with Gasteiger partial charge in [-0.15, -0.1) is 0 Å². The van der Waals surface area contributed by atoms with Crippen molar-refractivity contribution < 1.29 is 9.18 Å². The SMILES string of the molecule is CN(C)C/C=C/C(=O)N1CCCc2[nH]c3ccc(F)cc3c2C1. The molecular weight excluding hydrogens is 293 g/mol. The number of aromatic nitrogens is 1. The lowest BCUT2D eigenvalue weighted by Crippen LogP contribution is -2.29. The molecule has 0 unspecified atom stereocenters. The molecule has 1 N–H and O–H groups in total. The van der Waals surface area contributed by atoms with Gasteiger partial charge < -0.3 is 14.8 Å². The molecule has 4 nitrogen and oxygen atoms in total. The van der Waals surface area contributed by atoms with E-state index in [1.54, 1.807) is 18.2 Å². The molecule has 23 heavy (non-hydrogen) atoms. The monoisotopic (exact) mass is 315 g/mol. The van der Waals surface area contributed by atoms with Crippen LogP contribution in [0.15, 0.2) is 30.4 Å². The van der Waals surface area contributed by atoms with Crippen LogP contribution in [0.3, 0.4) is 0 Å². The summed E-state index contributed by atoms with van der Waals surface area (Å²) in [6, 6.07) is 4.79. The zero-order valence-corrected chi connectivity index (χ0v) is 13.6. The quantitative estimate of drug-likeness (QED) is 0.885. The maximum Gasteiger partial charge on any atom is 0.246 e. The standard InChI is InChI=1S/C18H22FN3O/c1-21(2)9-4-6-18(23)22-10-3-5-16-15(12-22)14-11-13(19)7-8-17(14)20-16/h4,6-8,11,20H,3,5,9-10,12H2,1-2H3/b6-4+. The molecule has 0 radical (unpaired) electrons. The average Bonchev–Trinajstić information content (AvgIpc) is 2.70. The summed E-state index contributed by atoms with van der Waals surface area (Å²) in [5.41, 5.74) is 3.11. The first-order valence-electron chi connectivity index (χ1n) is 7.94. The number of amides is 1. The van der Waals surface area contributed by atoms with Gasteiger partial charge in [0.15, 0.2) is 0 Å².